The van der Waals surface area contributed by atoms with Crippen LogP contribution in [0.4, 0.5) is 0 Å². The Morgan fingerprint density at radius 3 is 2.61 bits per heavy atom. The van der Waals surface area contributed by atoms with E-state index in [4.69, 9.17) is 9.26 Å². The largest absolute Gasteiger partial charge is 0.491 e. The molecular formula is C21H27N3O4. The number of amides is 2. The molecule has 150 valence electrons. The summed E-state index contributed by atoms with van der Waals surface area (Å²) in [5.74, 6) is 1.07. The Bertz CT molecular complexity index is 822. The van der Waals surface area contributed by atoms with Gasteiger partial charge in [0, 0.05) is 18.2 Å². The minimum absolute atomic E-state index is 0.00474. The van der Waals surface area contributed by atoms with Gasteiger partial charge in [0.05, 0.1) is 11.7 Å². The fourth-order valence-electron chi connectivity index (χ4n) is 3.45. The van der Waals surface area contributed by atoms with Gasteiger partial charge in [0.15, 0.2) is 0 Å². The van der Waals surface area contributed by atoms with E-state index in [1.165, 1.54) is 0 Å². The average molecular weight is 385 g/mol. The monoisotopic (exact) mass is 385 g/mol. The minimum atomic E-state index is -0.103. The van der Waals surface area contributed by atoms with Crippen molar-refractivity contribution in [3.63, 3.8) is 0 Å². The molecular weight excluding hydrogens is 358 g/mol. The number of aromatic nitrogens is 1. The average Bonchev–Trinajstić information content (AvgIpc) is 3.26. The third kappa shape index (κ3) is 4.35. The van der Waals surface area contributed by atoms with Gasteiger partial charge in [-0.25, -0.2) is 0 Å². The summed E-state index contributed by atoms with van der Waals surface area (Å²) in [6, 6.07) is 7.15. The standard InChI is InChI=1S/C21H27N3O4/c1-13(2)22-20(25)16-7-9-18(10-8-16)27-12-17-6-5-11-24(17)21(26)19-14(3)23-28-15(19)4/h7-10,13,17H,5-6,11-12H2,1-4H3,(H,22,25). The highest BCUT2D eigenvalue weighted by Crippen LogP contribution is 2.24. The van der Waals surface area contributed by atoms with Gasteiger partial charge in [-0.1, -0.05) is 5.16 Å². The SMILES string of the molecule is Cc1noc(C)c1C(=O)N1CCCC1COc1ccc(C(=O)NC(C)C)cc1. The lowest BCUT2D eigenvalue weighted by atomic mass is 10.1. The van der Waals surface area contributed by atoms with Crippen LogP contribution in [-0.4, -0.2) is 47.1 Å². The van der Waals surface area contributed by atoms with E-state index in [9.17, 15) is 9.59 Å². The zero-order valence-corrected chi connectivity index (χ0v) is 16.8. The van der Waals surface area contributed by atoms with Crippen LogP contribution in [-0.2, 0) is 0 Å². The molecule has 2 aromatic rings. The van der Waals surface area contributed by atoms with E-state index in [1.54, 1.807) is 38.1 Å². The van der Waals surface area contributed by atoms with Gasteiger partial charge in [0.25, 0.3) is 11.8 Å². The van der Waals surface area contributed by atoms with E-state index < -0.39 is 0 Å². The molecule has 0 aliphatic carbocycles. The first kappa shape index (κ1) is 19.9. The highest BCUT2D eigenvalue weighted by molar-refractivity contribution is 5.96. The second kappa shape index (κ2) is 8.46. The third-order valence-corrected chi connectivity index (χ3v) is 4.86. The Morgan fingerprint density at radius 2 is 2.00 bits per heavy atom. The predicted molar refractivity (Wildman–Crippen MR) is 105 cm³/mol. The van der Waals surface area contributed by atoms with Crippen LogP contribution >= 0.6 is 0 Å². The van der Waals surface area contributed by atoms with Crippen LogP contribution < -0.4 is 10.1 Å². The molecule has 1 aromatic heterocycles. The maximum absolute atomic E-state index is 12.9. The molecule has 1 N–H and O–H groups in total. The molecule has 0 radical (unpaired) electrons. The number of likely N-dealkylation sites (tertiary alicyclic amines) is 1. The summed E-state index contributed by atoms with van der Waals surface area (Å²) in [6.07, 6.45) is 1.83. The lowest BCUT2D eigenvalue weighted by molar-refractivity contribution is 0.0689. The summed E-state index contributed by atoms with van der Waals surface area (Å²) >= 11 is 0. The van der Waals surface area contributed by atoms with Gasteiger partial charge in [0.1, 0.15) is 23.7 Å². The van der Waals surface area contributed by atoms with Crippen molar-refractivity contribution in [2.75, 3.05) is 13.2 Å². The topological polar surface area (TPSA) is 84.7 Å². The molecule has 7 heteroatoms. The molecule has 7 nitrogen and oxygen atoms in total. The third-order valence-electron chi connectivity index (χ3n) is 4.86. The number of ether oxygens (including phenoxy) is 1. The van der Waals surface area contributed by atoms with E-state index in [-0.39, 0.29) is 23.9 Å². The number of carbonyl (C=O) groups excluding carboxylic acids is 2. The first-order chi connectivity index (χ1) is 13.4. The van der Waals surface area contributed by atoms with Crippen molar-refractivity contribution in [2.24, 2.45) is 0 Å². The summed E-state index contributed by atoms with van der Waals surface area (Å²) in [5, 5.41) is 6.74. The summed E-state index contributed by atoms with van der Waals surface area (Å²) in [5.41, 5.74) is 1.76. The van der Waals surface area contributed by atoms with E-state index >= 15 is 0 Å². The first-order valence-electron chi connectivity index (χ1n) is 9.64. The molecule has 0 saturated carbocycles. The molecule has 1 saturated heterocycles. The van der Waals surface area contributed by atoms with E-state index in [2.05, 4.69) is 10.5 Å². The molecule has 2 amide bonds. The molecule has 1 aromatic carbocycles. The Hall–Kier alpha value is -2.83. The molecule has 2 heterocycles. The number of rotatable bonds is 6. The number of hydrogen-bond acceptors (Lipinski definition) is 5. The minimum Gasteiger partial charge on any atom is -0.491 e. The second-order valence-electron chi connectivity index (χ2n) is 7.46. The Morgan fingerprint density at radius 1 is 1.29 bits per heavy atom. The van der Waals surface area contributed by atoms with Crippen molar-refractivity contribution < 1.29 is 18.8 Å². The molecule has 1 atom stereocenters. The lowest BCUT2D eigenvalue weighted by Crippen LogP contribution is -2.39. The number of benzene rings is 1. The van der Waals surface area contributed by atoms with Crippen molar-refractivity contribution in [3.8, 4) is 5.75 Å². The van der Waals surface area contributed by atoms with Gasteiger partial charge in [0.2, 0.25) is 0 Å². The molecule has 0 bridgehead atoms. The highest BCUT2D eigenvalue weighted by Gasteiger charge is 2.32. The molecule has 1 unspecified atom stereocenters. The number of carbonyl (C=O) groups is 2. The number of aryl methyl sites for hydroxylation is 2. The normalized spacial score (nSPS) is 16.5. The van der Waals surface area contributed by atoms with Crippen LogP contribution in [0.3, 0.4) is 0 Å². The van der Waals surface area contributed by atoms with E-state index in [1.807, 2.05) is 18.7 Å². The zero-order valence-electron chi connectivity index (χ0n) is 16.8. The number of nitrogens with zero attached hydrogens (tertiary/aromatic N) is 2. The maximum Gasteiger partial charge on any atom is 0.259 e. The summed E-state index contributed by atoms with van der Waals surface area (Å²) < 4.78 is 11.0. The molecule has 0 spiro atoms. The van der Waals surface area contributed by atoms with Crippen molar-refractivity contribution in [1.82, 2.24) is 15.4 Å². The Kier molecular flexibility index (Phi) is 6.02. The number of hydrogen-bond donors (Lipinski definition) is 1. The van der Waals surface area contributed by atoms with E-state index in [0.717, 1.165) is 12.8 Å². The summed E-state index contributed by atoms with van der Waals surface area (Å²) in [4.78, 5) is 26.8. The van der Waals surface area contributed by atoms with Gasteiger partial charge in [-0.2, -0.15) is 0 Å². The fourth-order valence-corrected chi connectivity index (χ4v) is 3.45. The fraction of sp³-hybridized carbons (Fsp3) is 0.476. The van der Waals surface area contributed by atoms with Crippen LogP contribution in [0.1, 0.15) is 58.9 Å². The number of nitrogens with one attached hydrogen (secondary N) is 1. The molecule has 28 heavy (non-hydrogen) atoms. The highest BCUT2D eigenvalue weighted by atomic mass is 16.5. The zero-order chi connectivity index (χ0) is 20.3. The van der Waals surface area contributed by atoms with Gasteiger partial charge in [-0.05, 0) is 64.8 Å². The predicted octanol–water partition coefficient (Wildman–Crippen LogP) is 3.11. The first-order valence-corrected chi connectivity index (χ1v) is 9.64. The van der Waals surface area contributed by atoms with Crippen LogP contribution in [0.15, 0.2) is 28.8 Å². The molecule has 3 rings (SSSR count). The van der Waals surface area contributed by atoms with Gasteiger partial charge >= 0.3 is 0 Å². The van der Waals surface area contributed by atoms with Gasteiger partial charge in [-0.3, -0.25) is 9.59 Å². The maximum atomic E-state index is 12.9. The summed E-state index contributed by atoms with van der Waals surface area (Å²) in [7, 11) is 0. The summed E-state index contributed by atoms with van der Waals surface area (Å²) in [6.45, 7) is 8.49. The molecule has 1 fully saturated rings. The smallest absolute Gasteiger partial charge is 0.259 e. The Balaban J connectivity index is 1.61. The van der Waals surface area contributed by atoms with Crippen LogP contribution in [0, 0.1) is 13.8 Å². The lowest BCUT2D eigenvalue weighted by Gasteiger charge is -2.24. The van der Waals surface area contributed by atoms with Gasteiger partial charge < -0.3 is 19.5 Å². The van der Waals surface area contributed by atoms with Crippen LogP contribution in [0.2, 0.25) is 0 Å². The van der Waals surface area contributed by atoms with Crippen LogP contribution in [0.5, 0.6) is 5.75 Å². The van der Waals surface area contributed by atoms with Crippen molar-refractivity contribution in [1.29, 1.82) is 0 Å². The quantitative estimate of drug-likeness (QED) is 0.826. The van der Waals surface area contributed by atoms with Crippen molar-refractivity contribution in [3.05, 3.63) is 46.8 Å². The van der Waals surface area contributed by atoms with Crippen LogP contribution in [0.25, 0.3) is 0 Å². The molecule has 1 aliphatic rings. The van der Waals surface area contributed by atoms with Gasteiger partial charge in [-0.15, -0.1) is 0 Å². The van der Waals surface area contributed by atoms with Crippen molar-refractivity contribution >= 4 is 11.8 Å². The van der Waals surface area contributed by atoms with E-state index in [0.29, 0.717) is 41.5 Å². The molecule has 1 aliphatic heterocycles. The second-order valence-corrected chi connectivity index (χ2v) is 7.46. The Labute approximate surface area is 165 Å². The van der Waals surface area contributed by atoms with Crippen molar-refractivity contribution in [2.45, 2.75) is 52.6 Å².